The Balaban J connectivity index is 1.62. The zero-order chi connectivity index (χ0) is 16.2. The molecule has 0 bridgehead atoms. The van der Waals surface area contributed by atoms with E-state index in [1.807, 2.05) is 25.4 Å². The zero-order valence-corrected chi connectivity index (χ0v) is 13.3. The lowest BCUT2D eigenvalue weighted by Gasteiger charge is -2.06. The number of pyridine rings is 1. The summed E-state index contributed by atoms with van der Waals surface area (Å²) in [6, 6.07) is 10.6. The number of carbonyl (C=O) groups excluding carboxylic acids is 1. The first-order chi connectivity index (χ1) is 11.1. The summed E-state index contributed by atoms with van der Waals surface area (Å²) in [5, 5.41) is 7.59. The highest BCUT2D eigenvalue weighted by atomic mass is 35.5. The Hall–Kier alpha value is -2.66. The third-order valence-corrected chi connectivity index (χ3v) is 3.64. The summed E-state index contributed by atoms with van der Waals surface area (Å²) < 4.78 is 1.73. The van der Waals surface area contributed by atoms with E-state index in [2.05, 4.69) is 15.4 Å². The molecule has 0 unspecified atom stereocenters. The van der Waals surface area contributed by atoms with E-state index in [1.54, 1.807) is 41.3 Å². The minimum Gasteiger partial charge on any atom is -0.348 e. The van der Waals surface area contributed by atoms with Crippen molar-refractivity contribution in [1.82, 2.24) is 20.1 Å². The lowest BCUT2D eigenvalue weighted by molar-refractivity contribution is 0.0951. The molecule has 0 saturated carbocycles. The molecular weight excluding hydrogens is 312 g/mol. The van der Waals surface area contributed by atoms with Crippen LogP contribution in [0.15, 0.2) is 55.0 Å². The van der Waals surface area contributed by atoms with Crippen molar-refractivity contribution in [2.45, 2.75) is 6.54 Å². The third kappa shape index (κ3) is 3.76. The van der Waals surface area contributed by atoms with Gasteiger partial charge in [0.25, 0.3) is 5.91 Å². The van der Waals surface area contributed by atoms with Crippen LogP contribution in [0.25, 0.3) is 11.3 Å². The highest BCUT2D eigenvalue weighted by Gasteiger charge is 2.06. The molecular formula is C17H15ClN4O. The van der Waals surface area contributed by atoms with E-state index in [-0.39, 0.29) is 5.91 Å². The minimum absolute atomic E-state index is 0.141. The molecule has 1 N–H and O–H groups in total. The molecule has 0 fully saturated rings. The fraction of sp³-hybridized carbons (Fsp3) is 0.118. The third-order valence-electron chi connectivity index (χ3n) is 3.38. The van der Waals surface area contributed by atoms with E-state index in [1.165, 1.54) is 0 Å². The molecule has 3 rings (SSSR count). The number of carbonyl (C=O) groups is 1. The van der Waals surface area contributed by atoms with Gasteiger partial charge in [-0.2, -0.15) is 5.10 Å². The van der Waals surface area contributed by atoms with E-state index >= 15 is 0 Å². The van der Waals surface area contributed by atoms with E-state index < -0.39 is 0 Å². The number of aromatic nitrogens is 3. The highest BCUT2D eigenvalue weighted by Crippen LogP contribution is 2.15. The number of nitrogens with zero attached hydrogens (tertiary/aromatic N) is 3. The van der Waals surface area contributed by atoms with Crippen LogP contribution in [-0.4, -0.2) is 20.7 Å². The Morgan fingerprint density at radius 2 is 1.96 bits per heavy atom. The molecule has 1 aromatic carbocycles. The van der Waals surface area contributed by atoms with Crippen molar-refractivity contribution in [3.8, 4) is 11.3 Å². The molecule has 0 aliphatic heterocycles. The second-order valence-electron chi connectivity index (χ2n) is 5.14. The smallest absolute Gasteiger partial charge is 0.251 e. The topological polar surface area (TPSA) is 59.8 Å². The molecule has 0 spiro atoms. The summed E-state index contributed by atoms with van der Waals surface area (Å²) in [5.74, 6) is -0.141. The van der Waals surface area contributed by atoms with Gasteiger partial charge in [0.15, 0.2) is 0 Å². The maximum absolute atomic E-state index is 12.0. The second kappa shape index (κ2) is 6.62. The van der Waals surface area contributed by atoms with Crippen molar-refractivity contribution in [1.29, 1.82) is 0 Å². The van der Waals surface area contributed by atoms with Gasteiger partial charge in [0.05, 0.1) is 11.9 Å². The van der Waals surface area contributed by atoms with Gasteiger partial charge in [-0.05, 0) is 35.9 Å². The van der Waals surface area contributed by atoms with Gasteiger partial charge in [-0.25, -0.2) is 0 Å². The molecule has 6 heteroatoms. The Morgan fingerprint density at radius 1 is 1.17 bits per heavy atom. The van der Waals surface area contributed by atoms with Crippen molar-refractivity contribution >= 4 is 17.5 Å². The summed E-state index contributed by atoms with van der Waals surface area (Å²) in [6.07, 6.45) is 5.43. The molecule has 2 aromatic heterocycles. The van der Waals surface area contributed by atoms with Crippen LogP contribution in [0.3, 0.4) is 0 Å². The molecule has 0 aliphatic carbocycles. The van der Waals surface area contributed by atoms with Crippen molar-refractivity contribution in [3.63, 3.8) is 0 Å². The minimum atomic E-state index is -0.141. The number of nitrogens with one attached hydrogen (secondary N) is 1. The predicted octanol–water partition coefficient (Wildman–Crippen LogP) is 3.07. The van der Waals surface area contributed by atoms with Crippen molar-refractivity contribution in [2.24, 2.45) is 7.05 Å². The molecule has 116 valence electrons. The quantitative estimate of drug-likeness (QED) is 0.801. The summed E-state index contributed by atoms with van der Waals surface area (Å²) in [4.78, 5) is 16.4. The van der Waals surface area contributed by atoms with Crippen molar-refractivity contribution in [3.05, 3.63) is 71.1 Å². The van der Waals surface area contributed by atoms with Gasteiger partial charge >= 0.3 is 0 Å². The lowest BCUT2D eigenvalue weighted by atomic mass is 10.2. The standard InChI is InChI=1S/C17H15ClN4O/c1-22-11-14(10-21-22)16-7-2-12(8-19-16)9-20-17(23)13-3-5-15(18)6-4-13/h2-8,10-11H,9H2,1H3,(H,20,23). The van der Waals surface area contributed by atoms with E-state index in [4.69, 9.17) is 11.6 Å². The number of hydrogen-bond acceptors (Lipinski definition) is 3. The molecule has 2 heterocycles. The number of amides is 1. The number of halogens is 1. The summed E-state index contributed by atoms with van der Waals surface area (Å²) in [7, 11) is 1.87. The normalized spacial score (nSPS) is 10.5. The van der Waals surface area contributed by atoms with Crippen LogP contribution < -0.4 is 5.32 Å². The van der Waals surface area contributed by atoms with Gasteiger partial charge < -0.3 is 5.32 Å². The molecule has 3 aromatic rings. The van der Waals surface area contributed by atoms with Gasteiger partial charge in [-0.1, -0.05) is 17.7 Å². The van der Waals surface area contributed by atoms with Gasteiger partial charge in [-0.15, -0.1) is 0 Å². The Bertz CT molecular complexity index is 809. The first kappa shape index (κ1) is 15.2. The molecule has 0 radical (unpaired) electrons. The Morgan fingerprint density at radius 3 is 2.57 bits per heavy atom. The monoisotopic (exact) mass is 326 g/mol. The second-order valence-corrected chi connectivity index (χ2v) is 5.58. The summed E-state index contributed by atoms with van der Waals surface area (Å²) in [5.41, 5.74) is 3.32. The van der Waals surface area contributed by atoms with Crippen LogP contribution in [0.1, 0.15) is 15.9 Å². The van der Waals surface area contributed by atoms with Crippen LogP contribution in [0.5, 0.6) is 0 Å². The van der Waals surface area contributed by atoms with Crippen molar-refractivity contribution in [2.75, 3.05) is 0 Å². The molecule has 0 saturated heterocycles. The number of rotatable bonds is 4. The highest BCUT2D eigenvalue weighted by molar-refractivity contribution is 6.30. The SMILES string of the molecule is Cn1cc(-c2ccc(CNC(=O)c3ccc(Cl)cc3)cn2)cn1. The van der Waals surface area contributed by atoms with Gasteiger partial charge in [0.1, 0.15) is 0 Å². The van der Waals surface area contributed by atoms with E-state index in [0.29, 0.717) is 17.1 Å². The summed E-state index contributed by atoms with van der Waals surface area (Å²) >= 11 is 5.81. The number of hydrogen-bond donors (Lipinski definition) is 1. The average molecular weight is 327 g/mol. The van der Waals surface area contributed by atoms with Crippen LogP contribution in [0, 0.1) is 0 Å². The average Bonchev–Trinajstić information content (AvgIpc) is 3.00. The van der Waals surface area contributed by atoms with Crippen LogP contribution >= 0.6 is 11.6 Å². The largest absolute Gasteiger partial charge is 0.348 e. The van der Waals surface area contributed by atoms with Crippen LogP contribution in [0.4, 0.5) is 0 Å². The first-order valence-corrected chi connectivity index (χ1v) is 7.47. The number of benzene rings is 1. The van der Waals surface area contributed by atoms with Gasteiger partial charge in [0.2, 0.25) is 0 Å². The first-order valence-electron chi connectivity index (χ1n) is 7.09. The molecule has 5 nitrogen and oxygen atoms in total. The molecule has 0 atom stereocenters. The fourth-order valence-electron chi connectivity index (χ4n) is 2.14. The maximum Gasteiger partial charge on any atom is 0.251 e. The molecule has 0 aliphatic rings. The Kier molecular flexibility index (Phi) is 4.39. The van der Waals surface area contributed by atoms with Gasteiger partial charge in [-0.3, -0.25) is 14.5 Å². The van der Waals surface area contributed by atoms with Gasteiger partial charge in [0, 0.05) is 42.1 Å². The summed E-state index contributed by atoms with van der Waals surface area (Å²) in [6.45, 7) is 0.418. The molecule has 23 heavy (non-hydrogen) atoms. The zero-order valence-electron chi connectivity index (χ0n) is 12.5. The Labute approximate surface area is 138 Å². The van der Waals surface area contributed by atoms with E-state index in [0.717, 1.165) is 16.8 Å². The predicted molar refractivity (Wildman–Crippen MR) is 89.1 cm³/mol. The molecule has 1 amide bonds. The van der Waals surface area contributed by atoms with Crippen LogP contribution in [-0.2, 0) is 13.6 Å². The van der Waals surface area contributed by atoms with E-state index in [9.17, 15) is 4.79 Å². The van der Waals surface area contributed by atoms with Crippen LogP contribution in [0.2, 0.25) is 5.02 Å². The van der Waals surface area contributed by atoms with Crippen molar-refractivity contribution < 1.29 is 4.79 Å². The number of aryl methyl sites for hydroxylation is 1. The lowest BCUT2D eigenvalue weighted by Crippen LogP contribution is -2.22. The maximum atomic E-state index is 12.0. The fourth-order valence-corrected chi connectivity index (χ4v) is 2.26.